The number of aromatic hydroxyl groups is 1. The molecular weight excluding hydrogens is 180 g/mol. The molecule has 1 aromatic heterocycles. The van der Waals surface area contributed by atoms with E-state index in [1.807, 2.05) is 0 Å². The summed E-state index contributed by atoms with van der Waals surface area (Å²) >= 11 is 0. The van der Waals surface area contributed by atoms with Gasteiger partial charge in [-0.25, -0.2) is 0 Å². The highest BCUT2D eigenvalue weighted by Crippen LogP contribution is 2.34. The standard InChI is InChI=1S/C10H14N2O2/c13-7-10(3-4-10)12-5-8-1-2-9(14)6-11-8/h1-2,6,12-14H,3-5,7H2. The second-order valence-electron chi connectivity index (χ2n) is 3.80. The molecule has 76 valence electrons. The van der Waals surface area contributed by atoms with Gasteiger partial charge in [0.2, 0.25) is 0 Å². The zero-order chi connectivity index (χ0) is 10.0. The number of hydrogen-bond acceptors (Lipinski definition) is 4. The smallest absolute Gasteiger partial charge is 0.133 e. The number of aliphatic hydroxyl groups is 1. The molecule has 14 heavy (non-hydrogen) atoms. The second kappa shape index (κ2) is 3.55. The molecule has 1 heterocycles. The largest absolute Gasteiger partial charge is 0.506 e. The van der Waals surface area contributed by atoms with E-state index >= 15 is 0 Å². The number of nitrogens with one attached hydrogen (secondary N) is 1. The number of aliphatic hydroxyl groups excluding tert-OH is 1. The van der Waals surface area contributed by atoms with E-state index in [9.17, 15) is 0 Å². The van der Waals surface area contributed by atoms with Crippen molar-refractivity contribution in [3.05, 3.63) is 24.0 Å². The summed E-state index contributed by atoms with van der Waals surface area (Å²) < 4.78 is 0. The Hall–Kier alpha value is -1.13. The Morgan fingerprint density at radius 2 is 2.21 bits per heavy atom. The third-order valence-electron chi connectivity index (χ3n) is 2.61. The molecule has 0 radical (unpaired) electrons. The van der Waals surface area contributed by atoms with E-state index in [0.29, 0.717) is 6.54 Å². The van der Waals surface area contributed by atoms with Crippen molar-refractivity contribution in [1.29, 1.82) is 0 Å². The van der Waals surface area contributed by atoms with Gasteiger partial charge in [0.15, 0.2) is 0 Å². The molecule has 1 aromatic rings. The van der Waals surface area contributed by atoms with Gasteiger partial charge in [-0.05, 0) is 25.0 Å². The van der Waals surface area contributed by atoms with Gasteiger partial charge in [-0.2, -0.15) is 0 Å². The highest BCUT2D eigenvalue weighted by atomic mass is 16.3. The molecule has 4 nitrogen and oxygen atoms in total. The maximum atomic E-state index is 9.06. The molecule has 0 bridgehead atoms. The zero-order valence-corrected chi connectivity index (χ0v) is 7.90. The minimum absolute atomic E-state index is 0.0560. The van der Waals surface area contributed by atoms with E-state index in [1.54, 1.807) is 12.1 Å². The third-order valence-corrected chi connectivity index (χ3v) is 2.61. The number of aromatic nitrogens is 1. The van der Waals surface area contributed by atoms with Crippen LogP contribution in [0.15, 0.2) is 18.3 Å². The molecule has 0 unspecified atom stereocenters. The molecule has 0 amide bonds. The average Bonchev–Trinajstić information content (AvgIpc) is 2.98. The molecule has 1 saturated carbocycles. The van der Waals surface area contributed by atoms with Crippen LogP contribution in [-0.2, 0) is 6.54 Å². The summed E-state index contributed by atoms with van der Waals surface area (Å²) in [6.45, 7) is 0.825. The van der Waals surface area contributed by atoms with Crippen LogP contribution in [0.3, 0.4) is 0 Å². The quantitative estimate of drug-likeness (QED) is 0.649. The topological polar surface area (TPSA) is 65.4 Å². The molecule has 4 heteroatoms. The third kappa shape index (κ3) is 2.02. The van der Waals surface area contributed by atoms with Crippen molar-refractivity contribution in [2.45, 2.75) is 24.9 Å². The van der Waals surface area contributed by atoms with Crippen LogP contribution in [0, 0.1) is 0 Å². The number of pyridine rings is 1. The van der Waals surface area contributed by atoms with Crippen molar-refractivity contribution >= 4 is 0 Å². The fourth-order valence-electron chi connectivity index (χ4n) is 1.34. The first kappa shape index (κ1) is 9.43. The van der Waals surface area contributed by atoms with Crippen molar-refractivity contribution in [2.24, 2.45) is 0 Å². The predicted molar refractivity (Wildman–Crippen MR) is 51.8 cm³/mol. The highest BCUT2D eigenvalue weighted by Gasteiger charge is 2.41. The zero-order valence-electron chi connectivity index (χ0n) is 7.90. The molecule has 0 atom stereocenters. The van der Waals surface area contributed by atoms with Crippen LogP contribution in [-0.4, -0.2) is 27.3 Å². The first-order chi connectivity index (χ1) is 6.74. The molecule has 1 aliphatic rings. The Morgan fingerprint density at radius 3 is 2.71 bits per heavy atom. The Labute approximate surface area is 82.6 Å². The molecule has 2 rings (SSSR count). The number of hydrogen-bond donors (Lipinski definition) is 3. The molecular formula is C10H14N2O2. The Bertz CT molecular complexity index is 306. The van der Waals surface area contributed by atoms with Gasteiger partial charge in [0.1, 0.15) is 5.75 Å². The summed E-state index contributed by atoms with van der Waals surface area (Å²) in [6.07, 6.45) is 3.48. The van der Waals surface area contributed by atoms with Gasteiger partial charge in [0.05, 0.1) is 18.5 Å². The van der Waals surface area contributed by atoms with Gasteiger partial charge in [0.25, 0.3) is 0 Å². The van der Waals surface area contributed by atoms with Crippen molar-refractivity contribution in [3.8, 4) is 5.75 Å². The lowest BCUT2D eigenvalue weighted by Gasteiger charge is -2.13. The molecule has 0 aromatic carbocycles. The first-order valence-electron chi connectivity index (χ1n) is 4.74. The van der Waals surface area contributed by atoms with Gasteiger partial charge in [0, 0.05) is 12.1 Å². The van der Waals surface area contributed by atoms with E-state index in [2.05, 4.69) is 10.3 Å². The Balaban J connectivity index is 1.89. The van der Waals surface area contributed by atoms with Crippen LogP contribution >= 0.6 is 0 Å². The second-order valence-corrected chi connectivity index (χ2v) is 3.80. The van der Waals surface area contributed by atoms with Crippen LogP contribution in [0.5, 0.6) is 5.75 Å². The molecule has 3 N–H and O–H groups in total. The fourth-order valence-corrected chi connectivity index (χ4v) is 1.34. The summed E-state index contributed by atoms with van der Waals surface area (Å²) in [4.78, 5) is 4.05. The number of nitrogens with zero attached hydrogens (tertiary/aromatic N) is 1. The number of rotatable bonds is 4. The summed E-state index contributed by atoms with van der Waals surface area (Å²) in [5.41, 5.74) is 0.821. The fraction of sp³-hybridized carbons (Fsp3) is 0.500. The SMILES string of the molecule is OCC1(NCc2ccc(O)cn2)CC1. The highest BCUT2D eigenvalue weighted by molar-refractivity contribution is 5.18. The first-order valence-corrected chi connectivity index (χ1v) is 4.74. The molecule has 0 spiro atoms. The summed E-state index contributed by atoms with van der Waals surface area (Å²) in [5.74, 6) is 0.178. The van der Waals surface area contributed by atoms with E-state index in [-0.39, 0.29) is 17.9 Å². The maximum Gasteiger partial charge on any atom is 0.133 e. The minimum Gasteiger partial charge on any atom is -0.506 e. The average molecular weight is 194 g/mol. The van der Waals surface area contributed by atoms with Crippen LogP contribution in [0.4, 0.5) is 0 Å². The maximum absolute atomic E-state index is 9.06. The van der Waals surface area contributed by atoms with Crippen LogP contribution < -0.4 is 5.32 Å². The van der Waals surface area contributed by atoms with Crippen molar-refractivity contribution < 1.29 is 10.2 Å². The Morgan fingerprint density at radius 1 is 1.43 bits per heavy atom. The van der Waals surface area contributed by atoms with E-state index in [0.717, 1.165) is 18.5 Å². The van der Waals surface area contributed by atoms with E-state index in [1.165, 1.54) is 6.20 Å². The van der Waals surface area contributed by atoms with Crippen molar-refractivity contribution in [2.75, 3.05) is 6.61 Å². The monoisotopic (exact) mass is 194 g/mol. The van der Waals surface area contributed by atoms with Crippen LogP contribution in [0.1, 0.15) is 18.5 Å². The normalized spacial score (nSPS) is 18.1. The minimum atomic E-state index is -0.0560. The van der Waals surface area contributed by atoms with Gasteiger partial charge in [-0.3, -0.25) is 4.98 Å². The van der Waals surface area contributed by atoms with Crippen LogP contribution in [0.2, 0.25) is 0 Å². The van der Waals surface area contributed by atoms with Gasteiger partial charge in [-0.1, -0.05) is 0 Å². The molecule has 1 fully saturated rings. The lowest BCUT2D eigenvalue weighted by atomic mass is 10.2. The van der Waals surface area contributed by atoms with Crippen LogP contribution in [0.25, 0.3) is 0 Å². The lowest BCUT2D eigenvalue weighted by molar-refractivity contribution is 0.229. The Kier molecular flexibility index (Phi) is 2.39. The summed E-state index contributed by atoms with van der Waals surface area (Å²) in [7, 11) is 0. The van der Waals surface area contributed by atoms with Crippen molar-refractivity contribution in [1.82, 2.24) is 10.3 Å². The van der Waals surface area contributed by atoms with Gasteiger partial charge >= 0.3 is 0 Å². The van der Waals surface area contributed by atoms with Crippen molar-refractivity contribution in [3.63, 3.8) is 0 Å². The van der Waals surface area contributed by atoms with Gasteiger partial charge in [-0.15, -0.1) is 0 Å². The summed E-state index contributed by atoms with van der Waals surface area (Å²) in [6, 6.07) is 3.39. The van der Waals surface area contributed by atoms with E-state index in [4.69, 9.17) is 10.2 Å². The van der Waals surface area contributed by atoms with E-state index < -0.39 is 0 Å². The summed E-state index contributed by atoms with van der Waals surface area (Å²) in [5, 5.41) is 21.3. The molecule has 0 aliphatic heterocycles. The van der Waals surface area contributed by atoms with Gasteiger partial charge < -0.3 is 15.5 Å². The molecule has 1 aliphatic carbocycles. The predicted octanol–water partition coefficient (Wildman–Crippen LogP) is 0.402. The molecule has 0 saturated heterocycles. The lowest BCUT2D eigenvalue weighted by Crippen LogP contribution is -2.34.